The van der Waals surface area contributed by atoms with Crippen molar-refractivity contribution in [1.82, 2.24) is 15.1 Å². The fourth-order valence-corrected chi connectivity index (χ4v) is 3.51. The Bertz CT molecular complexity index is 815. The van der Waals surface area contributed by atoms with Gasteiger partial charge in [-0.15, -0.1) is 0 Å². The molecule has 0 saturated carbocycles. The van der Waals surface area contributed by atoms with Crippen LogP contribution in [0, 0.1) is 0 Å². The Morgan fingerprint density at radius 3 is 2.52 bits per heavy atom. The minimum atomic E-state index is 0.361. The maximum Gasteiger partial charge on any atom is 0.122 e. The summed E-state index contributed by atoms with van der Waals surface area (Å²) in [4.78, 5) is 0. The molecule has 25 heavy (non-hydrogen) atoms. The van der Waals surface area contributed by atoms with Gasteiger partial charge in [-0.2, -0.15) is 5.10 Å². The van der Waals surface area contributed by atoms with Crippen LogP contribution in [-0.2, 0) is 6.42 Å². The molecule has 4 nitrogen and oxygen atoms in total. The maximum absolute atomic E-state index is 6.21. The molecule has 0 bridgehead atoms. The molecule has 0 radical (unpaired) electrons. The van der Waals surface area contributed by atoms with Crippen molar-refractivity contribution in [2.45, 2.75) is 25.3 Å². The maximum atomic E-state index is 6.21. The van der Waals surface area contributed by atoms with Gasteiger partial charge in [0.25, 0.3) is 0 Å². The van der Waals surface area contributed by atoms with Gasteiger partial charge in [0.2, 0.25) is 0 Å². The average molecular weight is 332 g/mol. The van der Waals surface area contributed by atoms with Gasteiger partial charge < -0.3 is 11.1 Å². The van der Waals surface area contributed by atoms with Crippen molar-refractivity contribution in [2.75, 3.05) is 18.8 Å². The summed E-state index contributed by atoms with van der Waals surface area (Å²) in [6.07, 6.45) is 3.26. The Morgan fingerprint density at radius 2 is 1.80 bits per heavy atom. The third-order valence-corrected chi connectivity index (χ3v) is 4.88. The van der Waals surface area contributed by atoms with Crippen LogP contribution in [0.3, 0.4) is 0 Å². The number of nitrogens with one attached hydrogen (secondary N) is 1. The van der Waals surface area contributed by atoms with Gasteiger partial charge in [-0.25, -0.2) is 4.68 Å². The lowest BCUT2D eigenvalue weighted by molar-refractivity contribution is 0.351. The van der Waals surface area contributed by atoms with E-state index in [0.717, 1.165) is 43.0 Å². The Labute approximate surface area is 148 Å². The summed E-state index contributed by atoms with van der Waals surface area (Å²) >= 11 is 0. The molecule has 3 N–H and O–H groups in total. The summed E-state index contributed by atoms with van der Waals surface area (Å²) in [7, 11) is 0. The predicted molar refractivity (Wildman–Crippen MR) is 102 cm³/mol. The van der Waals surface area contributed by atoms with Crippen molar-refractivity contribution < 1.29 is 0 Å². The van der Waals surface area contributed by atoms with E-state index in [1.54, 1.807) is 0 Å². The number of hydrogen-bond acceptors (Lipinski definition) is 3. The molecule has 1 aromatic heterocycles. The van der Waals surface area contributed by atoms with E-state index in [0.29, 0.717) is 6.04 Å². The van der Waals surface area contributed by atoms with Crippen molar-refractivity contribution >= 4 is 5.82 Å². The van der Waals surface area contributed by atoms with Crippen molar-refractivity contribution in [3.8, 4) is 11.3 Å². The smallest absolute Gasteiger partial charge is 0.122 e. The molecule has 128 valence electrons. The molecule has 1 saturated heterocycles. The minimum absolute atomic E-state index is 0.361. The molecule has 0 aliphatic carbocycles. The molecule has 3 aromatic rings. The molecule has 0 amide bonds. The van der Waals surface area contributed by atoms with Gasteiger partial charge in [0.05, 0.1) is 11.7 Å². The third kappa shape index (κ3) is 3.59. The first-order chi connectivity index (χ1) is 12.3. The van der Waals surface area contributed by atoms with E-state index in [1.807, 2.05) is 10.7 Å². The summed E-state index contributed by atoms with van der Waals surface area (Å²) in [5.74, 6) is 0.747. The number of piperidine rings is 1. The first kappa shape index (κ1) is 15.9. The number of anilines is 1. The van der Waals surface area contributed by atoms with Crippen LogP contribution in [0.15, 0.2) is 60.7 Å². The van der Waals surface area contributed by atoms with E-state index in [-0.39, 0.29) is 0 Å². The van der Waals surface area contributed by atoms with Crippen LogP contribution in [0.5, 0.6) is 0 Å². The minimum Gasteiger partial charge on any atom is -0.384 e. The SMILES string of the molecule is Nc1cc(-c2ccc(Cc3ccccc3)cc2)nn1C1CCCNC1. The average Bonchev–Trinajstić information content (AvgIpc) is 3.06. The van der Waals surface area contributed by atoms with E-state index < -0.39 is 0 Å². The van der Waals surface area contributed by atoms with Gasteiger partial charge in [0.1, 0.15) is 5.82 Å². The lowest BCUT2D eigenvalue weighted by Gasteiger charge is -2.23. The highest BCUT2D eigenvalue weighted by molar-refractivity contribution is 5.62. The van der Waals surface area contributed by atoms with Gasteiger partial charge in [0.15, 0.2) is 0 Å². The Balaban J connectivity index is 1.52. The highest BCUT2D eigenvalue weighted by atomic mass is 15.3. The van der Waals surface area contributed by atoms with Crippen LogP contribution in [-0.4, -0.2) is 22.9 Å². The first-order valence-corrected chi connectivity index (χ1v) is 8.98. The van der Waals surface area contributed by atoms with Gasteiger partial charge in [-0.3, -0.25) is 0 Å². The van der Waals surface area contributed by atoms with Crippen molar-refractivity contribution in [3.63, 3.8) is 0 Å². The fourth-order valence-electron chi connectivity index (χ4n) is 3.51. The van der Waals surface area contributed by atoms with Crippen LogP contribution < -0.4 is 11.1 Å². The molecule has 2 aromatic carbocycles. The van der Waals surface area contributed by atoms with E-state index >= 15 is 0 Å². The summed E-state index contributed by atoms with van der Waals surface area (Å²) < 4.78 is 1.99. The van der Waals surface area contributed by atoms with Crippen molar-refractivity contribution in [1.29, 1.82) is 0 Å². The molecule has 1 fully saturated rings. The Kier molecular flexibility index (Phi) is 4.53. The van der Waals surface area contributed by atoms with E-state index in [1.165, 1.54) is 17.5 Å². The van der Waals surface area contributed by atoms with Crippen LogP contribution in [0.25, 0.3) is 11.3 Å². The standard InChI is InChI=1S/C21H24N4/c22-21-14-20(24-25(21)19-7-4-12-23-15-19)18-10-8-17(9-11-18)13-16-5-2-1-3-6-16/h1-3,5-6,8-11,14,19,23H,4,7,12-13,15,22H2. The van der Waals surface area contributed by atoms with E-state index in [2.05, 4.69) is 59.9 Å². The molecular weight excluding hydrogens is 308 g/mol. The molecule has 0 spiro atoms. The van der Waals surface area contributed by atoms with Crippen LogP contribution in [0.1, 0.15) is 30.0 Å². The summed E-state index contributed by atoms with van der Waals surface area (Å²) in [6.45, 7) is 2.04. The molecule has 1 atom stereocenters. The number of nitrogens with zero attached hydrogens (tertiary/aromatic N) is 2. The Hall–Kier alpha value is -2.59. The number of rotatable bonds is 4. The second kappa shape index (κ2) is 7.11. The van der Waals surface area contributed by atoms with Crippen molar-refractivity contribution in [2.24, 2.45) is 0 Å². The first-order valence-electron chi connectivity index (χ1n) is 8.98. The summed E-state index contributed by atoms with van der Waals surface area (Å²) in [6, 6.07) is 21.5. The number of hydrogen-bond donors (Lipinski definition) is 2. The second-order valence-corrected chi connectivity index (χ2v) is 6.76. The topological polar surface area (TPSA) is 55.9 Å². The van der Waals surface area contributed by atoms with Crippen LogP contribution >= 0.6 is 0 Å². The van der Waals surface area contributed by atoms with E-state index in [4.69, 9.17) is 10.8 Å². The molecule has 1 unspecified atom stereocenters. The lowest BCUT2D eigenvalue weighted by Crippen LogP contribution is -2.32. The quantitative estimate of drug-likeness (QED) is 0.767. The zero-order valence-electron chi connectivity index (χ0n) is 14.4. The number of nitrogen functional groups attached to an aromatic ring is 1. The molecule has 4 heteroatoms. The number of aromatic nitrogens is 2. The Morgan fingerprint density at radius 1 is 1.04 bits per heavy atom. The molecule has 2 heterocycles. The molecule has 1 aliphatic heterocycles. The predicted octanol–water partition coefficient (Wildman–Crippen LogP) is 3.65. The lowest BCUT2D eigenvalue weighted by atomic mass is 10.0. The van der Waals surface area contributed by atoms with Gasteiger partial charge in [-0.05, 0) is 36.9 Å². The van der Waals surface area contributed by atoms with Crippen LogP contribution in [0.2, 0.25) is 0 Å². The largest absolute Gasteiger partial charge is 0.384 e. The zero-order valence-corrected chi connectivity index (χ0v) is 14.4. The number of nitrogens with two attached hydrogens (primary N) is 1. The summed E-state index contributed by atoms with van der Waals surface area (Å²) in [5, 5.41) is 8.19. The monoisotopic (exact) mass is 332 g/mol. The molecule has 1 aliphatic rings. The highest BCUT2D eigenvalue weighted by Gasteiger charge is 2.19. The molecular formula is C21H24N4. The summed E-state index contributed by atoms with van der Waals surface area (Å²) in [5.41, 5.74) is 10.9. The highest BCUT2D eigenvalue weighted by Crippen LogP contribution is 2.26. The fraction of sp³-hybridized carbons (Fsp3) is 0.286. The third-order valence-electron chi connectivity index (χ3n) is 4.88. The zero-order chi connectivity index (χ0) is 17.1. The number of benzene rings is 2. The molecule has 4 rings (SSSR count). The van der Waals surface area contributed by atoms with E-state index in [9.17, 15) is 0 Å². The van der Waals surface area contributed by atoms with Gasteiger partial charge in [0, 0.05) is 18.2 Å². The normalized spacial score (nSPS) is 17.5. The second-order valence-electron chi connectivity index (χ2n) is 6.76. The van der Waals surface area contributed by atoms with Gasteiger partial charge >= 0.3 is 0 Å². The van der Waals surface area contributed by atoms with Gasteiger partial charge in [-0.1, -0.05) is 54.6 Å². The van der Waals surface area contributed by atoms with Crippen molar-refractivity contribution in [3.05, 3.63) is 71.8 Å². The van der Waals surface area contributed by atoms with Crippen LogP contribution in [0.4, 0.5) is 5.82 Å².